The lowest BCUT2D eigenvalue weighted by molar-refractivity contribution is 0.0290. The van der Waals surface area contributed by atoms with Gasteiger partial charge in [-0.25, -0.2) is 4.79 Å². The normalized spacial score (nSPS) is 23.8. The third-order valence-corrected chi connectivity index (χ3v) is 7.42. The zero-order valence-electron chi connectivity index (χ0n) is 20.6. The Morgan fingerprint density at radius 1 is 1.00 bits per heavy atom. The highest BCUT2D eigenvalue weighted by Gasteiger charge is 2.29. The molecular weight excluding hydrogens is 408 g/mol. The molecule has 0 saturated carbocycles. The topological polar surface area (TPSA) is 43.8 Å². The minimum absolute atomic E-state index is 0.347. The van der Waals surface area contributed by atoms with Crippen LogP contribution >= 0.6 is 0 Å². The number of carboxylic acids is 1. The Hall–Kier alpha value is -2.43. The molecule has 0 unspecified atom stereocenters. The number of aromatic carboxylic acids is 1. The first-order valence-electron chi connectivity index (χ1n) is 12.3. The maximum atomic E-state index is 11.1. The highest BCUT2D eigenvalue weighted by Crippen LogP contribution is 2.38. The Labute approximate surface area is 198 Å². The molecule has 2 aromatic rings. The summed E-state index contributed by atoms with van der Waals surface area (Å²) < 4.78 is 0. The van der Waals surface area contributed by atoms with Crippen LogP contribution in [0.5, 0.6) is 0 Å². The summed E-state index contributed by atoms with van der Waals surface area (Å²) in [6, 6.07) is 17.4. The SMILES string of the molecule is C[C@@H]1CN(Cc2ccc(C(=O)O)cc2)C[C@H](C)N1Cc1cccc(C2=CCC(C)(C)CC2)c1. The maximum Gasteiger partial charge on any atom is 0.335 e. The lowest BCUT2D eigenvalue weighted by Gasteiger charge is -2.44. The summed E-state index contributed by atoms with van der Waals surface area (Å²) in [6.45, 7) is 13.3. The number of hydrogen-bond acceptors (Lipinski definition) is 3. The molecule has 2 aliphatic rings. The molecule has 1 saturated heterocycles. The van der Waals surface area contributed by atoms with Crippen molar-refractivity contribution >= 4 is 11.5 Å². The lowest BCUT2D eigenvalue weighted by Crippen LogP contribution is -2.55. The Bertz CT molecular complexity index is 997. The van der Waals surface area contributed by atoms with Gasteiger partial charge in [-0.3, -0.25) is 9.80 Å². The van der Waals surface area contributed by atoms with Gasteiger partial charge in [0.1, 0.15) is 0 Å². The Morgan fingerprint density at radius 3 is 2.30 bits per heavy atom. The number of benzene rings is 2. The summed E-state index contributed by atoms with van der Waals surface area (Å²) in [4.78, 5) is 16.2. The van der Waals surface area contributed by atoms with Gasteiger partial charge in [-0.05, 0) is 72.9 Å². The molecule has 176 valence electrons. The first kappa shape index (κ1) is 23.7. The highest BCUT2D eigenvalue weighted by atomic mass is 16.4. The molecule has 1 fully saturated rings. The van der Waals surface area contributed by atoms with Crippen LogP contribution in [0.2, 0.25) is 0 Å². The first-order chi connectivity index (χ1) is 15.7. The molecular formula is C29H38N2O2. The number of rotatable bonds is 6. The van der Waals surface area contributed by atoms with Crippen LogP contribution in [0.4, 0.5) is 0 Å². The second-order valence-electron chi connectivity index (χ2n) is 10.9. The second-order valence-corrected chi connectivity index (χ2v) is 10.9. The van der Waals surface area contributed by atoms with E-state index >= 15 is 0 Å². The fraction of sp³-hybridized carbons (Fsp3) is 0.483. The molecule has 0 spiro atoms. The van der Waals surface area contributed by atoms with Crippen LogP contribution in [0.25, 0.3) is 5.57 Å². The molecule has 0 radical (unpaired) electrons. The predicted octanol–water partition coefficient (Wildman–Crippen LogP) is 6.07. The number of allylic oxidation sites excluding steroid dienone is 2. The van der Waals surface area contributed by atoms with E-state index in [2.05, 4.69) is 67.8 Å². The van der Waals surface area contributed by atoms with Crippen molar-refractivity contribution in [1.29, 1.82) is 0 Å². The summed E-state index contributed by atoms with van der Waals surface area (Å²) >= 11 is 0. The number of carboxylic acid groups (broad SMARTS) is 1. The van der Waals surface area contributed by atoms with E-state index in [0.29, 0.717) is 23.1 Å². The fourth-order valence-corrected chi connectivity index (χ4v) is 5.34. The van der Waals surface area contributed by atoms with Crippen LogP contribution < -0.4 is 0 Å². The van der Waals surface area contributed by atoms with Crippen molar-refractivity contribution in [1.82, 2.24) is 9.80 Å². The predicted molar refractivity (Wildman–Crippen MR) is 135 cm³/mol. The van der Waals surface area contributed by atoms with E-state index < -0.39 is 5.97 Å². The Balaban J connectivity index is 1.38. The van der Waals surface area contributed by atoms with E-state index in [4.69, 9.17) is 5.11 Å². The van der Waals surface area contributed by atoms with E-state index in [1.54, 1.807) is 12.1 Å². The minimum atomic E-state index is -0.870. The molecule has 2 atom stereocenters. The fourth-order valence-electron chi connectivity index (χ4n) is 5.34. The molecule has 4 heteroatoms. The number of piperazine rings is 1. The summed E-state index contributed by atoms with van der Waals surface area (Å²) in [7, 11) is 0. The molecule has 1 heterocycles. The molecule has 0 amide bonds. The van der Waals surface area contributed by atoms with E-state index in [1.807, 2.05) is 12.1 Å². The summed E-state index contributed by atoms with van der Waals surface area (Å²) in [5.74, 6) is -0.870. The third kappa shape index (κ3) is 5.93. The van der Waals surface area contributed by atoms with Crippen molar-refractivity contribution in [2.75, 3.05) is 13.1 Å². The van der Waals surface area contributed by atoms with Crippen LogP contribution in [-0.2, 0) is 13.1 Å². The molecule has 4 nitrogen and oxygen atoms in total. The third-order valence-electron chi connectivity index (χ3n) is 7.42. The Kier molecular flexibility index (Phi) is 7.06. The quantitative estimate of drug-likeness (QED) is 0.585. The average molecular weight is 447 g/mol. The van der Waals surface area contributed by atoms with Crippen molar-refractivity contribution in [2.24, 2.45) is 5.41 Å². The molecule has 1 N–H and O–H groups in total. The van der Waals surface area contributed by atoms with E-state index in [9.17, 15) is 4.79 Å². The van der Waals surface area contributed by atoms with Crippen molar-refractivity contribution in [3.8, 4) is 0 Å². The van der Waals surface area contributed by atoms with Gasteiger partial charge in [-0.1, -0.05) is 56.3 Å². The molecule has 2 aromatic carbocycles. The van der Waals surface area contributed by atoms with E-state index in [0.717, 1.165) is 26.2 Å². The summed E-state index contributed by atoms with van der Waals surface area (Å²) in [5.41, 5.74) is 6.26. The van der Waals surface area contributed by atoms with Gasteiger partial charge in [-0.2, -0.15) is 0 Å². The van der Waals surface area contributed by atoms with E-state index in [1.165, 1.54) is 41.5 Å². The average Bonchev–Trinajstić information content (AvgIpc) is 2.77. The molecule has 33 heavy (non-hydrogen) atoms. The van der Waals surface area contributed by atoms with Gasteiger partial charge in [-0.15, -0.1) is 0 Å². The van der Waals surface area contributed by atoms with Crippen LogP contribution in [-0.4, -0.2) is 46.0 Å². The lowest BCUT2D eigenvalue weighted by atomic mass is 9.77. The van der Waals surface area contributed by atoms with E-state index in [-0.39, 0.29) is 0 Å². The van der Waals surface area contributed by atoms with Crippen molar-refractivity contribution in [2.45, 2.75) is 72.1 Å². The zero-order chi connectivity index (χ0) is 23.6. The smallest absolute Gasteiger partial charge is 0.335 e. The number of carbonyl (C=O) groups is 1. The zero-order valence-corrected chi connectivity index (χ0v) is 20.6. The minimum Gasteiger partial charge on any atom is -0.478 e. The number of nitrogens with zero attached hydrogens (tertiary/aromatic N) is 2. The Morgan fingerprint density at radius 2 is 1.70 bits per heavy atom. The molecule has 1 aliphatic carbocycles. The van der Waals surface area contributed by atoms with Crippen LogP contribution in [0.1, 0.15) is 74.0 Å². The van der Waals surface area contributed by atoms with Gasteiger partial charge in [0.15, 0.2) is 0 Å². The van der Waals surface area contributed by atoms with Crippen molar-refractivity contribution in [3.63, 3.8) is 0 Å². The summed E-state index contributed by atoms with van der Waals surface area (Å²) in [5, 5.41) is 9.11. The molecule has 0 bridgehead atoms. The second kappa shape index (κ2) is 9.82. The summed E-state index contributed by atoms with van der Waals surface area (Å²) in [6.07, 6.45) is 6.06. The largest absolute Gasteiger partial charge is 0.478 e. The van der Waals surface area contributed by atoms with Gasteiger partial charge in [0.25, 0.3) is 0 Å². The maximum absolute atomic E-state index is 11.1. The highest BCUT2D eigenvalue weighted by molar-refractivity contribution is 5.87. The van der Waals surface area contributed by atoms with Crippen LogP contribution in [0, 0.1) is 5.41 Å². The molecule has 0 aromatic heterocycles. The van der Waals surface area contributed by atoms with Gasteiger partial charge in [0.05, 0.1) is 5.56 Å². The number of hydrogen-bond donors (Lipinski definition) is 1. The monoisotopic (exact) mass is 446 g/mol. The van der Waals surface area contributed by atoms with Gasteiger partial charge in [0, 0.05) is 38.3 Å². The van der Waals surface area contributed by atoms with Crippen LogP contribution in [0.15, 0.2) is 54.6 Å². The van der Waals surface area contributed by atoms with Crippen molar-refractivity contribution in [3.05, 3.63) is 76.9 Å². The molecule has 4 rings (SSSR count). The van der Waals surface area contributed by atoms with Gasteiger partial charge >= 0.3 is 5.97 Å². The molecule has 1 aliphatic heterocycles. The van der Waals surface area contributed by atoms with Crippen LogP contribution in [0.3, 0.4) is 0 Å². The first-order valence-corrected chi connectivity index (χ1v) is 12.3. The van der Waals surface area contributed by atoms with Gasteiger partial charge in [0.2, 0.25) is 0 Å². The van der Waals surface area contributed by atoms with Crippen molar-refractivity contribution < 1.29 is 9.90 Å². The standard InChI is InChI=1S/C29H38N2O2/c1-21-17-30(19-23-8-10-26(11-9-23)28(32)33)18-22(2)31(21)20-24-6-5-7-27(16-24)25-12-14-29(3,4)15-13-25/h5-12,16,21-22H,13-15,17-20H2,1-4H3,(H,32,33)/t21-,22+. The van der Waals surface area contributed by atoms with Gasteiger partial charge < -0.3 is 5.11 Å².